The number of thioether (sulfide) groups is 1. The number of hydrogen-bond acceptors (Lipinski definition) is 5. The van der Waals surface area contributed by atoms with E-state index in [4.69, 9.17) is 28.9 Å². The van der Waals surface area contributed by atoms with Crippen LogP contribution in [-0.2, 0) is 20.9 Å². The third-order valence-corrected chi connectivity index (χ3v) is 8.48. The fourth-order valence-electron chi connectivity index (χ4n) is 4.78. The molecule has 1 fully saturated rings. The second kappa shape index (κ2) is 13.4. The topological polar surface area (TPSA) is 77.9 Å². The average molecular weight is 571 g/mol. The lowest BCUT2D eigenvalue weighted by Gasteiger charge is -2.17. The van der Waals surface area contributed by atoms with Gasteiger partial charge in [0, 0.05) is 23.6 Å². The first-order valence-electron chi connectivity index (χ1n) is 13.0. The summed E-state index contributed by atoms with van der Waals surface area (Å²) in [5.41, 5.74) is 2.93. The predicted molar refractivity (Wildman–Crippen MR) is 157 cm³/mol. The number of fused-ring (bicyclic) bond motifs is 1. The fraction of sp³-hybridized carbons (Fsp3) is 0.379. The molecule has 0 aromatic heterocycles. The number of aliphatic carboxylic acids is 1. The van der Waals surface area contributed by atoms with Crippen LogP contribution in [0.4, 0.5) is 5.69 Å². The average Bonchev–Trinajstić information content (AvgIpc) is 3.33. The highest BCUT2D eigenvalue weighted by atomic mass is 35.5. The summed E-state index contributed by atoms with van der Waals surface area (Å²) in [6.07, 6.45) is 8.11. The van der Waals surface area contributed by atoms with E-state index >= 15 is 0 Å². The van der Waals surface area contributed by atoms with E-state index < -0.39 is 5.97 Å². The summed E-state index contributed by atoms with van der Waals surface area (Å²) >= 11 is 12.8. The molecule has 2 aliphatic rings. The molecule has 6 nitrogen and oxygen atoms in total. The minimum atomic E-state index is -0.729. The molecule has 9 heteroatoms. The molecule has 2 aromatic carbocycles. The number of thiocarbonyl (C=S) groups is 1. The lowest BCUT2D eigenvalue weighted by molar-refractivity contribution is -0.137. The molecule has 0 radical (unpaired) electrons. The van der Waals surface area contributed by atoms with Gasteiger partial charge in [-0.25, -0.2) is 0 Å². The maximum Gasteiger partial charge on any atom is 0.303 e. The summed E-state index contributed by atoms with van der Waals surface area (Å²) in [6.45, 7) is 0.931. The van der Waals surface area contributed by atoms with Crippen LogP contribution in [0.2, 0.25) is 5.02 Å². The monoisotopic (exact) mass is 570 g/mol. The number of rotatable bonds is 13. The molecule has 0 atom stereocenters. The third kappa shape index (κ3) is 6.84. The minimum Gasteiger partial charge on any atom is -0.481 e. The second-order valence-electron chi connectivity index (χ2n) is 9.54. The van der Waals surface area contributed by atoms with Gasteiger partial charge in [0.2, 0.25) is 0 Å². The van der Waals surface area contributed by atoms with E-state index in [0.717, 1.165) is 68.2 Å². The highest BCUT2D eigenvalue weighted by Crippen LogP contribution is 2.45. The number of halogens is 1. The SMILES string of the molecule is O=C(O)CCCCCCCCCCN1C(=O)/C(=C2/C(=O)N(Cc3ccc(Cl)cc3)c3ccccc32)SC1=S. The van der Waals surface area contributed by atoms with Crippen molar-refractivity contribution in [1.82, 2.24) is 4.90 Å². The Morgan fingerprint density at radius 2 is 1.47 bits per heavy atom. The van der Waals surface area contributed by atoms with Gasteiger partial charge in [0.15, 0.2) is 0 Å². The Hall–Kier alpha value is -2.68. The molecular formula is C29H31ClN2O4S2. The largest absolute Gasteiger partial charge is 0.481 e. The van der Waals surface area contributed by atoms with E-state index in [1.165, 1.54) is 11.8 Å². The summed E-state index contributed by atoms with van der Waals surface area (Å²) in [6, 6.07) is 15.0. The fourth-order valence-corrected chi connectivity index (χ4v) is 6.28. The van der Waals surface area contributed by atoms with Gasteiger partial charge in [-0.2, -0.15) is 0 Å². The maximum atomic E-state index is 13.6. The first-order chi connectivity index (χ1) is 18.4. The Bertz CT molecular complexity index is 1250. The Balaban J connectivity index is 1.35. The van der Waals surface area contributed by atoms with Gasteiger partial charge in [0.1, 0.15) is 4.32 Å². The van der Waals surface area contributed by atoms with Gasteiger partial charge < -0.3 is 10.0 Å². The van der Waals surface area contributed by atoms with Gasteiger partial charge in [-0.05, 0) is 36.6 Å². The lowest BCUT2D eigenvalue weighted by atomic mass is 10.1. The van der Waals surface area contributed by atoms with Crippen LogP contribution >= 0.6 is 35.6 Å². The van der Waals surface area contributed by atoms with Crippen molar-refractivity contribution in [3.8, 4) is 0 Å². The highest BCUT2D eigenvalue weighted by molar-refractivity contribution is 8.26. The third-order valence-electron chi connectivity index (χ3n) is 6.78. The number of benzene rings is 2. The van der Waals surface area contributed by atoms with Crippen LogP contribution in [0, 0.1) is 0 Å². The van der Waals surface area contributed by atoms with Crippen LogP contribution in [0.1, 0.15) is 68.9 Å². The van der Waals surface area contributed by atoms with Gasteiger partial charge in [-0.15, -0.1) is 0 Å². The van der Waals surface area contributed by atoms with Crippen LogP contribution in [0.25, 0.3) is 5.57 Å². The Morgan fingerprint density at radius 1 is 0.842 bits per heavy atom. The Labute approximate surface area is 238 Å². The van der Waals surface area contributed by atoms with Crippen molar-refractivity contribution in [2.45, 2.75) is 64.3 Å². The van der Waals surface area contributed by atoms with E-state index in [9.17, 15) is 14.4 Å². The van der Waals surface area contributed by atoms with Crippen LogP contribution < -0.4 is 4.90 Å². The minimum absolute atomic E-state index is 0.190. The molecule has 0 bridgehead atoms. The zero-order chi connectivity index (χ0) is 27.1. The van der Waals surface area contributed by atoms with Crippen LogP contribution in [0.15, 0.2) is 53.4 Å². The van der Waals surface area contributed by atoms with E-state index in [-0.39, 0.29) is 18.2 Å². The van der Waals surface area contributed by atoms with Crippen LogP contribution in [0.5, 0.6) is 0 Å². The van der Waals surface area contributed by atoms with Crippen molar-refractivity contribution in [3.63, 3.8) is 0 Å². The smallest absolute Gasteiger partial charge is 0.303 e. The van der Waals surface area contributed by atoms with Crippen molar-refractivity contribution >= 4 is 68.9 Å². The van der Waals surface area contributed by atoms with Crippen LogP contribution in [0.3, 0.4) is 0 Å². The van der Waals surface area contributed by atoms with Crippen molar-refractivity contribution in [2.75, 3.05) is 11.4 Å². The Morgan fingerprint density at radius 3 is 2.16 bits per heavy atom. The molecular weight excluding hydrogens is 540 g/mol. The summed E-state index contributed by atoms with van der Waals surface area (Å²) in [5, 5.41) is 9.32. The van der Waals surface area contributed by atoms with Gasteiger partial charge in [-0.3, -0.25) is 19.3 Å². The summed E-state index contributed by atoms with van der Waals surface area (Å²) in [4.78, 5) is 41.3. The first kappa shape index (κ1) is 28.3. The lowest BCUT2D eigenvalue weighted by Crippen LogP contribution is -2.30. The number of unbranched alkanes of at least 4 members (excludes halogenated alkanes) is 7. The van der Waals surface area contributed by atoms with Crippen molar-refractivity contribution in [1.29, 1.82) is 0 Å². The maximum absolute atomic E-state index is 13.6. The predicted octanol–water partition coefficient (Wildman–Crippen LogP) is 7.05. The molecule has 2 aromatic rings. The zero-order valence-electron chi connectivity index (χ0n) is 21.2. The number of nitrogens with zero attached hydrogens (tertiary/aromatic N) is 2. The van der Waals surface area contributed by atoms with Gasteiger partial charge in [-0.1, -0.05) is 104 Å². The molecule has 0 unspecified atom stereocenters. The van der Waals surface area contributed by atoms with Gasteiger partial charge in [0.25, 0.3) is 11.8 Å². The zero-order valence-corrected chi connectivity index (χ0v) is 23.5. The number of amides is 2. The van der Waals surface area contributed by atoms with E-state index in [1.54, 1.807) is 21.9 Å². The van der Waals surface area contributed by atoms with E-state index in [0.29, 0.717) is 32.9 Å². The van der Waals surface area contributed by atoms with Crippen LogP contribution in [-0.4, -0.2) is 38.7 Å². The number of carboxylic acids is 1. The number of anilines is 1. The number of para-hydroxylation sites is 1. The van der Waals surface area contributed by atoms with Gasteiger partial charge >= 0.3 is 5.97 Å². The molecule has 200 valence electrons. The highest BCUT2D eigenvalue weighted by Gasteiger charge is 2.41. The Kier molecular flexibility index (Phi) is 9.99. The molecule has 0 saturated carbocycles. The summed E-state index contributed by atoms with van der Waals surface area (Å²) in [7, 11) is 0. The number of carbonyl (C=O) groups is 3. The molecule has 4 rings (SSSR count). The quantitative estimate of drug-likeness (QED) is 0.158. The molecule has 2 heterocycles. The van der Waals surface area contributed by atoms with Crippen molar-refractivity contribution in [2.24, 2.45) is 0 Å². The van der Waals surface area contributed by atoms with Crippen molar-refractivity contribution < 1.29 is 19.5 Å². The molecule has 2 aliphatic heterocycles. The molecule has 2 amide bonds. The molecule has 1 N–H and O–H groups in total. The second-order valence-corrected chi connectivity index (χ2v) is 11.6. The molecule has 38 heavy (non-hydrogen) atoms. The summed E-state index contributed by atoms with van der Waals surface area (Å²) < 4.78 is 0.498. The molecule has 0 spiro atoms. The van der Waals surface area contributed by atoms with E-state index in [2.05, 4.69) is 0 Å². The molecule has 1 saturated heterocycles. The molecule has 0 aliphatic carbocycles. The first-order valence-corrected chi connectivity index (χ1v) is 14.6. The van der Waals surface area contributed by atoms with E-state index in [1.807, 2.05) is 36.4 Å². The number of carboxylic acid groups (broad SMARTS) is 1. The standard InChI is InChI=1S/C29H31ClN2O4S2/c30-21-16-14-20(15-17-21)19-32-23-12-9-8-11-22(23)25(27(32)35)26-28(36)31(29(37)38-26)18-10-6-4-2-1-3-5-7-13-24(33)34/h8-9,11-12,14-17H,1-7,10,13,18-19H2,(H,33,34)/b26-25-. The normalized spacial score (nSPS) is 17.0. The number of hydrogen-bond donors (Lipinski definition) is 1. The summed E-state index contributed by atoms with van der Waals surface area (Å²) in [5.74, 6) is -1.11. The van der Waals surface area contributed by atoms with Crippen molar-refractivity contribution in [3.05, 3.63) is 69.6 Å². The van der Waals surface area contributed by atoms with Gasteiger partial charge in [0.05, 0.1) is 22.7 Å². The number of carbonyl (C=O) groups excluding carboxylic acids is 2.